The van der Waals surface area contributed by atoms with Crippen LogP contribution in [0.5, 0.6) is 0 Å². The zero-order valence-electron chi connectivity index (χ0n) is 9.81. The standard InChI is InChI=1S/C9H12F6O4/c1-17-2-3-18-4-5-19-7(16)6(8(10,11)12)9(13,14)15/h6H,2-5H2,1H3. The molecule has 0 rings (SSSR count). The molecule has 0 unspecified atom stereocenters. The number of carbonyl (C=O) groups excluding carboxylic acids is 1. The largest absolute Gasteiger partial charge is 0.463 e. The summed E-state index contributed by atoms with van der Waals surface area (Å²) in [6.07, 6.45) is -11.5. The Morgan fingerprint density at radius 2 is 1.42 bits per heavy atom. The third-order valence-electron chi connectivity index (χ3n) is 1.79. The van der Waals surface area contributed by atoms with Crippen molar-refractivity contribution in [1.29, 1.82) is 0 Å². The third-order valence-corrected chi connectivity index (χ3v) is 1.79. The maximum atomic E-state index is 12.1. The topological polar surface area (TPSA) is 44.8 Å². The summed E-state index contributed by atoms with van der Waals surface area (Å²) in [5.74, 6) is -6.53. The summed E-state index contributed by atoms with van der Waals surface area (Å²) in [4.78, 5) is 10.8. The summed E-state index contributed by atoms with van der Waals surface area (Å²) in [6.45, 7) is -0.750. The van der Waals surface area contributed by atoms with Crippen LogP contribution in [-0.4, -0.2) is 51.9 Å². The predicted octanol–water partition coefficient (Wildman–Crippen LogP) is 1.93. The van der Waals surface area contributed by atoms with Gasteiger partial charge in [0.1, 0.15) is 6.61 Å². The highest BCUT2D eigenvalue weighted by Gasteiger charge is 2.62. The molecule has 0 bridgehead atoms. The first kappa shape index (κ1) is 18.0. The zero-order chi connectivity index (χ0) is 15.1. The number of ether oxygens (including phenoxy) is 3. The Labute approximate surface area is 104 Å². The first-order chi connectivity index (χ1) is 8.60. The lowest BCUT2D eigenvalue weighted by Crippen LogP contribution is -2.43. The molecular weight excluding hydrogens is 286 g/mol. The van der Waals surface area contributed by atoms with Crippen LogP contribution in [0.15, 0.2) is 0 Å². The van der Waals surface area contributed by atoms with Crippen molar-refractivity contribution in [2.45, 2.75) is 12.4 Å². The van der Waals surface area contributed by atoms with Crippen molar-refractivity contribution in [3.63, 3.8) is 0 Å². The Kier molecular flexibility index (Phi) is 7.12. The van der Waals surface area contributed by atoms with Crippen LogP contribution in [0.2, 0.25) is 0 Å². The number of methoxy groups -OCH3 is 1. The second kappa shape index (κ2) is 7.53. The molecule has 0 amide bonds. The number of esters is 1. The molecule has 0 aliphatic rings. The molecule has 0 fully saturated rings. The van der Waals surface area contributed by atoms with E-state index in [1.165, 1.54) is 7.11 Å². The van der Waals surface area contributed by atoms with Crippen molar-refractivity contribution in [3.05, 3.63) is 0 Å². The molecule has 0 spiro atoms. The second-order valence-electron chi connectivity index (χ2n) is 3.29. The third kappa shape index (κ3) is 7.21. The van der Waals surface area contributed by atoms with Crippen molar-refractivity contribution >= 4 is 5.97 Å². The first-order valence-corrected chi connectivity index (χ1v) is 4.97. The van der Waals surface area contributed by atoms with Gasteiger partial charge in [-0.2, -0.15) is 26.3 Å². The summed E-state index contributed by atoms with van der Waals surface area (Å²) in [5, 5.41) is 0. The van der Waals surface area contributed by atoms with Crippen LogP contribution in [0, 0.1) is 5.92 Å². The lowest BCUT2D eigenvalue weighted by atomic mass is 10.1. The fraction of sp³-hybridized carbons (Fsp3) is 0.889. The van der Waals surface area contributed by atoms with Gasteiger partial charge < -0.3 is 14.2 Å². The average molecular weight is 298 g/mol. The molecule has 0 saturated heterocycles. The molecule has 0 atom stereocenters. The van der Waals surface area contributed by atoms with Crippen LogP contribution in [-0.2, 0) is 19.0 Å². The Morgan fingerprint density at radius 3 is 1.84 bits per heavy atom. The SMILES string of the molecule is COCCOCCOC(=O)C(C(F)(F)F)C(F)(F)F. The van der Waals surface area contributed by atoms with Gasteiger partial charge in [0, 0.05) is 7.11 Å². The van der Waals surface area contributed by atoms with E-state index in [4.69, 9.17) is 4.74 Å². The molecule has 0 aromatic rings. The minimum absolute atomic E-state index is 0.0794. The molecule has 0 radical (unpaired) electrons. The molecule has 0 saturated carbocycles. The van der Waals surface area contributed by atoms with Gasteiger partial charge in [0.15, 0.2) is 0 Å². The zero-order valence-corrected chi connectivity index (χ0v) is 9.81. The number of hydrogen-bond acceptors (Lipinski definition) is 4. The Bertz CT molecular complexity index is 261. The molecule has 19 heavy (non-hydrogen) atoms. The van der Waals surface area contributed by atoms with E-state index in [2.05, 4.69) is 9.47 Å². The van der Waals surface area contributed by atoms with Crippen molar-refractivity contribution in [1.82, 2.24) is 0 Å². The van der Waals surface area contributed by atoms with Gasteiger partial charge in [-0.15, -0.1) is 0 Å². The Hall–Kier alpha value is -1.03. The fourth-order valence-corrected chi connectivity index (χ4v) is 0.982. The monoisotopic (exact) mass is 298 g/mol. The van der Waals surface area contributed by atoms with Gasteiger partial charge in [-0.1, -0.05) is 0 Å². The maximum Gasteiger partial charge on any atom is 0.411 e. The van der Waals surface area contributed by atoms with E-state index in [-0.39, 0.29) is 19.8 Å². The van der Waals surface area contributed by atoms with E-state index in [0.717, 1.165) is 0 Å². The quantitative estimate of drug-likeness (QED) is 0.409. The highest BCUT2D eigenvalue weighted by Crippen LogP contribution is 2.39. The summed E-state index contributed by atoms with van der Waals surface area (Å²) < 4.78 is 85.6. The minimum Gasteiger partial charge on any atom is -0.463 e. The first-order valence-electron chi connectivity index (χ1n) is 4.97. The van der Waals surface area contributed by atoms with Crippen LogP contribution in [0.4, 0.5) is 26.3 Å². The van der Waals surface area contributed by atoms with Crippen LogP contribution in [0.1, 0.15) is 0 Å². The van der Waals surface area contributed by atoms with Crippen molar-refractivity contribution in [3.8, 4) is 0 Å². The summed E-state index contributed by atoms with van der Waals surface area (Å²) in [6, 6.07) is 0. The van der Waals surface area contributed by atoms with E-state index in [1.54, 1.807) is 0 Å². The van der Waals surface area contributed by atoms with Crippen molar-refractivity contribution in [2.24, 2.45) is 5.92 Å². The van der Waals surface area contributed by atoms with Crippen molar-refractivity contribution in [2.75, 3.05) is 33.5 Å². The number of hydrogen-bond donors (Lipinski definition) is 0. The van der Waals surface area contributed by atoms with Crippen molar-refractivity contribution < 1.29 is 45.3 Å². The van der Waals surface area contributed by atoms with Gasteiger partial charge in [0.05, 0.1) is 19.8 Å². The summed E-state index contributed by atoms with van der Waals surface area (Å²) >= 11 is 0. The smallest absolute Gasteiger partial charge is 0.411 e. The molecule has 0 aromatic carbocycles. The van der Waals surface area contributed by atoms with E-state index < -0.39 is 30.8 Å². The second-order valence-corrected chi connectivity index (χ2v) is 3.29. The van der Waals surface area contributed by atoms with Gasteiger partial charge in [-0.25, -0.2) is 0 Å². The number of carbonyl (C=O) groups is 1. The maximum absolute atomic E-state index is 12.1. The van der Waals surface area contributed by atoms with Gasteiger partial charge in [-0.3, -0.25) is 4.79 Å². The normalized spacial score (nSPS) is 12.8. The number of alkyl halides is 6. The van der Waals surface area contributed by atoms with E-state index in [1.807, 2.05) is 0 Å². The van der Waals surface area contributed by atoms with Gasteiger partial charge in [-0.05, 0) is 0 Å². The molecule has 10 heteroatoms. The number of halogens is 6. The summed E-state index contributed by atoms with van der Waals surface area (Å²) in [7, 11) is 1.38. The van der Waals surface area contributed by atoms with Gasteiger partial charge in [0.2, 0.25) is 5.92 Å². The Balaban J connectivity index is 4.22. The average Bonchev–Trinajstić information content (AvgIpc) is 2.18. The predicted molar refractivity (Wildman–Crippen MR) is 49.3 cm³/mol. The molecule has 0 heterocycles. The van der Waals surface area contributed by atoms with E-state index in [9.17, 15) is 31.1 Å². The molecule has 0 aromatic heterocycles. The summed E-state index contributed by atoms with van der Waals surface area (Å²) in [5.41, 5.74) is 0. The minimum atomic E-state index is -5.74. The van der Waals surface area contributed by atoms with Crippen LogP contribution >= 0.6 is 0 Å². The molecule has 0 N–H and O–H groups in total. The van der Waals surface area contributed by atoms with Gasteiger partial charge >= 0.3 is 18.3 Å². The molecule has 0 aliphatic carbocycles. The van der Waals surface area contributed by atoms with E-state index in [0.29, 0.717) is 0 Å². The number of rotatable bonds is 7. The van der Waals surface area contributed by atoms with E-state index >= 15 is 0 Å². The highest BCUT2D eigenvalue weighted by molar-refractivity contribution is 5.74. The highest BCUT2D eigenvalue weighted by atomic mass is 19.4. The van der Waals surface area contributed by atoms with Gasteiger partial charge in [0.25, 0.3) is 0 Å². The molecular formula is C9H12F6O4. The Morgan fingerprint density at radius 1 is 0.947 bits per heavy atom. The molecule has 0 aliphatic heterocycles. The molecule has 4 nitrogen and oxygen atoms in total. The van der Waals surface area contributed by atoms with Crippen LogP contribution in [0.3, 0.4) is 0 Å². The lowest BCUT2D eigenvalue weighted by molar-refractivity contribution is -0.282. The van der Waals surface area contributed by atoms with Crippen LogP contribution in [0.25, 0.3) is 0 Å². The fourth-order valence-electron chi connectivity index (χ4n) is 0.982. The lowest BCUT2D eigenvalue weighted by Gasteiger charge is -2.21. The van der Waals surface area contributed by atoms with Crippen LogP contribution < -0.4 is 0 Å². The molecule has 114 valence electrons.